The fraction of sp³-hybridized carbons (Fsp3) is 0.174. The van der Waals surface area contributed by atoms with Crippen molar-refractivity contribution in [3.63, 3.8) is 0 Å². The zero-order valence-corrected chi connectivity index (χ0v) is 17.0. The highest BCUT2D eigenvalue weighted by molar-refractivity contribution is 5.82. The number of hydrogen-bond acceptors (Lipinski definition) is 6. The highest BCUT2D eigenvalue weighted by atomic mass is 16.5. The van der Waals surface area contributed by atoms with Crippen LogP contribution in [0, 0.1) is 11.3 Å². The zero-order chi connectivity index (χ0) is 22.1. The van der Waals surface area contributed by atoms with E-state index < -0.39 is 6.03 Å². The number of carbonyl (C=O) groups is 1. The lowest BCUT2D eigenvalue weighted by Crippen LogP contribution is -2.35. The SMILES string of the molecule is N#Cc1ccc(Oc2cc3nc(-c4ccccn4)[nH]c3cc2C2CCCN2C(N)=O)cn1. The number of carbonyl (C=O) groups excluding carboxylic acids is 1. The van der Waals surface area contributed by atoms with Gasteiger partial charge in [0.05, 0.1) is 23.3 Å². The fourth-order valence-electron chi connectivity index (χ4n) is 4.01. The first kappa shape index (κ1) is 19.5. The van der Waals surface area contributed by atoms with E-state index in [-0.39, 0.29) is 6.04 Å². The summed E-state index contributed by atoms with van der Waals surface area (Å²) >= 11 is 0. The highest BCUT2D eigenvalue weighted by Gasteiger charge is 2.31. The molecule has 9 heteroatoms. The Morgan fingerprint density at radius 2 is 2.16 bits per heavy atom. The second-order valence-corrected chi connectivity index (χ2v) is 7.49. The number of pyridine rings is 2. The maximum absolute atomic E-state index is 12.0. The molecule has 4 heterocycles. The van der Waals surface area contributed by atoms with E-state index in [9.17, 15) is 4.79 Å². The number of urea groups is 1. The number of nitrogens with one attached hydrogen (secondary N) is 1. The van der Waals surface area contributed by atoms with Crippen molar-refractivity contribution >= 4 is 17.1 Å². The number of H-pyrrole nitrogens is 1. The van der Waals surface area contributed by atoms with E-state index in [0.717, 1.165) is 29.6 Å². The summed E-state index contributed by atoms with van der Waals surface area (Å²) < 4.78 is 6.15. The largest absolute Gasteiger partial charge is 0.455 e. The molecule has 158 valence electrons. The van der Waals surface area contributed by atoms with Gasteiger partial charge in [0.25, 0.3) is 0 Å². The van der Waals surface area contributed by atoms with Crippen molar-refractivity contribution in [2.24, 2.45) is 5.73 Å². The number of benzene rings is 1. The molecule has 1 saturated heterocycles. The molecule has 3 aromatic heterocycles. The van der Waals surface area contributed by atoms with Crippen LogP contribution in [0.25, 0.3) is 22.6 Å². The zero-order valence-electron chi connectivity index (χ0n) is 17.0. The first-order valence-corrected chi connectivity index (χ1v) is 10.2. The Kier molecular flexibility index (Phi) is 4.88. The molecule has 0 spiro atoms. The van der Waals surface area contributed by atoms with Crippen molar-refractivity contribution in [2.45, 2.75) is 18.9 Å². The number of ether oxygens (including phenoxy) is 1. The van der Waals surface area contributed by atoms with Gasteiger partial charge >= 0.3 is 6.03 Å². The summed E-state index contributed by atoms with van der Waals surface area (Å²) in [5.41, 5.74) is 9.00. The van der Waals surface area contributed by atoms with Gasteiger partial charge < -0.3 is 20.4 Å². The number of fused-ring (bicyclic) bond motifs is 1. The first-order chi connectivity index (χ1) is 15.6. The lowest BCUT2D eigenvalue weighted by atomic mass is 10.0. The molecule has 3 N–H and O–H groups in total. The summed E-state index contributed by atoms with van der Waals surface area (Å²) in [5.74, 6) is 1.68. The van der Waals surface area contributed by atoms with Gasteiger partial charge in [-0.1, -0.05) is 6.07 Å². The van der Waals surface area contributed by atoms with E-state index in [1.165, 1.54) is 6.20 Å². The minimum atomic E-state index is -0.461. The van der Waals surface area contributed by atoms with Crippen LogP contribution in [0.5, 0.6) is 11.5 Å². The van der Waals surface area contributed by atoms with Crippen molar-refractivity contribution in [3.05, 3.63) is 66.1 Å². The molecule has 0 bridgehead atoms. The van der Waals surface area contributed by atoms with Gasteiger partial charge in [-0.3, -0.25) is 4.98 Å². The molecule has 0 radical (unpaired) electrons. The Bertz CT molecular complexity index is 1330. The summed E-state index contributed by atoms with van der Waals surface area (Å²) in [6.07, 6.45) is 4.84. The number of aromatic amines is 1. The predicted molar refractivity (Wildman–Crippen MR) is 117 cm³/mol. The first-order valence-electron chi connectivity index (χ1n) is 10.2. The Balaban J connectivity index is 1.61. The third-order valence-corrected chi connectivity index (χ3v) is 5.49. The molecule has 9 nitrogen and oxygen atoms in total. The maximum Gasteiger partial charge on any atom is 0.315 e. The number of imidazole rings is 1. The molecule has 1 aliphatic heterocycles. The second-order valence-electron chi connectivity index (χ2n) is 7.49. The molecule has 1 fully saturated rings. The number of aromatic nitrogens is 4. The summed E-state index contributed by atoms with van der Waals surface area (Å²) in [7, 11) is 0. The van der Waals surface area contributed by atoms with Gasteiger partial charge in [-0.15, -0.1) is 0 Å². The van der Waals surface area contributed by atoms with Gasteiger partial charge in [-0.05, 0) is 43.2 Å². The number of nitrogens with two attached hydrogens (primary N) is 1. The Labute approximate surface area is 183 Å². The second kappa shape index (κ2) is 8.00. The third kappa shape index (κ3) is 3.58. The smallest absolute Gasteiger partial charge is 0.315 e. The standard InChI is InChI=1S/C23H19N7O2/c24-12-14-6-7-15(13-27-14)32-21-11-19-18(28-22(29-19)17-4-1-2-8-26-17)10-16(21)20-5-3-9-30(20)23(25)31/h1-2,4,6-8,10-11,13,20H,3,5,9H2,(H2,25,31)(H,28,29). The van der Waals surface area contributed by atoms with E-state index in [0.29, 0.717) is 35.1 Å². The molecule has 1 unspecified atom stereocenters. The van der Waals surface area contributed by atoms with Crippen LogP contribution in [0.15, 0.2) is 54.9 Å². The van der Waals surface area contributed by atoms with Crippen molar-refractivity contribution in [3.8, 4) is 29.1 Å². The van der Waals surface area contributed by atoms with Crippen LogP contribution in [0.4, 0.5) is 4.79 Å². The van der Waals surface area contributed by atoms with Crippen molar-refractivity contribution in [1.29, 1.82) is 5.26 Å². The van der Waals surface area contributed by atoms with Crippen LogP contribution in [0.3, 0.4) is 0 Å². The van der Waals surface area contributed by atoms with Crippen LogP contribution < -0.4 is 10.5 Å². The van der Waals surface area contributed by atoms with Crippen molar-refractivity contribution in [2.75, 3.05) is 6.54 Å². The molecule has 4 aromatic rings. The molecule has 5 rings (SSSR count). The van der Waals surface area contributed by atoms with E-state index in [2.05, 4.69) is 19.9 Å². The minimum Gasteiger partial charge on any atom is -0.455 e. The predicted octanol–water partition coefficient (Wildman–Crippen LogP) is 3.90. The Morgan fingerprint density at radius 3 is 2.88 bits per heavy atom. The maximum atomic E-state index is 12.0. The van der Waals surface area contributed by atoms with Gasteiger partial charge in [0.1, 0.15) is 29.0 Å². The molecular formula is C23H19N7O2. The van der Waals surface area contributed by atoms with Crippen LogP contribution in [-0.2, 0) is 0 Å². The number of amides is 2. The third-order valence-electron chi connectivity index (χ3n) is 5.49. The van der Waals surface area contributed by atoms with Gasteiger partial charge in [-0.2, -0.15) is 5.26 Å². The monoisotopic (exact) mass is 425 g/mol. The van der Waals surface area contributed by atoms with Crippen LogP contribution >= 0.6 is 0 Å². The number of hydrogen-bond donors (Lipinski definition) is 2. The van der Waals surface area contributed by atoms with Gasteiger partial charge in [0, 0.05) is 24.4 Å². The Hall–Kier alpha value is -4.45. The molecular weight excluding hydrogens is 406 g/mol. The van der Waals surface area contributed by atoms with E-state index in [1.54, 1.807) is 23.2 Å². The summed E-state index contributed by atoms with van der Waals surface area (Å²) in [6.45, 7) is 0.595. The van der Waals surface area contributed by atoms with Gasteiger partial charge in [0.15, 0.2) is 5.82 Å². The summed E-state index contributed by atoms with van der Waals surface area (Å²) in [6, 6.07) is 14.0. The lowest BCUT2D eigenvalue weighted by Gasteiger charge is -2.25. The number of primary amides is 1. The topological polar surface area (TPSA) is 134 Å². The normalized spacial score (nSPS) is 15.6. The molecule has 1 aromatic carbocycles. The molecule has 0 aliphatic carbocycles. The number of nitriles is 1. The van der Waals surface area contributed by atoms with Crippen LogP contribution in [0.2, 0.25) is 0 Å². The molecule has 0 saturated carbocycles. The van der Waals surface area contributed by atoms with E-state index in [1.807, 2.05) is 36.4 Å². The molecule has 1 aliphatic rings. The average Bonchev–Trinajstić information content (AvgIpc) is 3.47. The van der Waals surface area contributed by atoms with Crippen molar-refractivity contribution in [1.82, 2.24) is 24.8 Å². The lowest BCUT2D eigenvalue weighted by molar-refractivity contribution is 0.202. The molecule has 2 amide bonds. The van der Waals surface area contributed by atoms with Gasteiger partial charge in [-0.25, -0.2) is 14.8 Å². The minimum absolute atomic E-state index is 0.208. The van der Waals surface area contributed by atoms with Crippen LogP contribution in [0.1, 0.15) is 30.1 Å². The highest BCUT2D eigenvalue weighted by Crippen LogP contribution is 2.40. The van der Waals surface area contributed by atoms with Crippen molar-refractivity contribution < 1.29 is 9.53 Å². The van der Waals surface area contributed by atoms with Crippen LogP contribution in [-0.4, -0.2) is 37.4 Å². The average molecular weight is 425 g/mol. The number of likely N-dealkylation sites (tertiary alicyclic amines) is 1. The van der Waals surface area contributed by atoms with E-state index in [4.69, 9.17) is 15.7 Å². The number of nitrogens with zero attached hydrogens (tertiary/aromatic N) is 5. The quantitative estimate of drug-likeness (QED) is 0.509. The summed E-state index contributed by atoms with van der Waals surface area (Å²) in [4.78, 5) is 30.1. The number of rotatable bonds is 4. The van der Waals surface area contributed by atoms with Gasteiger partial charge in [0.2, 0.25) is 0 Å². The molecule has 1 atom stereocenters. The fourth-order valence-corrected chi connectivity index (χ4v) is 4.01. The Morgan fingerprint density at radius 1 is 1.25 bits per heavy atom. The summed E-state index contributed by atoms with van der Waals surface area (Å²) in [5, 5.41) is 8.98. The van der Waals surface area contributed by atoms with E-state index >= 15 is 0 Å². The molecule has 32 heavy (non-hydrogen) atoms.